The van der Waals surface area contributed by atoms with E-state index in [1.165, 1.54) is 30.0 Å². The number of nitrogens with zero attached hydrogens (tertiary/aromatic N) is 3. The lowest BCUT2D eigenvalue weighted by molar-refractivity contribution is 0.0695. The SMILES string of the molecule is COc1c(N2CC3CCN(C)C3C2)c(F)cc2c(=O)c(C(=O)O)cn(-c3ccc(O)cc3)c12.Cl. The summed E-state index contributed by atoms with van der Waals surface area (Å²) in [5, 5.41) is 19.2. The third kappa shape index (κ3) is 3.65. The maximum Gasteiger partial charge on any atom is 0.341 e. The number of carboxylic acids is 1. The van der Waals surface area contributed by atoms with Gasteiger partial charge in [-0.05, 0) is 56.3 Å². The van der Waals surface area contributed by atoms with Gasteiger partial charge in [-0.15, -0.1) is 12.4 Å². The summed E-state index contributed by atoms with van der Waals surface area (Å²) in [5.74, 6) is -1.40. The van der Waals surface area contributed by atoms with Crippen LogP contribution in [0.15, 0.2) is 41.3 Å². The van der Waals surface area contributed by atoms with Gasteiger partial charge in [0.05, 0.1) is 12.5 Å². The van der Waals surface area contributed by atoms with E-state index < -0.39 is 22.8 Å². The first-order chi connectivity index (χ1) is 15.8. The predicted molar refractivity (Wildman–Crippen MR) is 129 cm³/mol. The van der Waals surface area contributed by atoms with Crippen LogP contribution in [0.2, 0.25) is 0 Å². The minimum absolute atomic E-state index is 0. The van der Waals surface area contributed by atoms with Gasteiger partial charge in [-0.3, -0.25) is 4.79 Å². The van der Waals surface area contributed by atoms with Gasteiger partial charge in [0, 0.05) is 31.0 Å². The summed E-state index contributed by atoms with van der Waals surface area (Å²) in [5.41, 5.74) is -0.228. The first-order valence-electron chi connectivity index (χ1n) is 10.7. The number of methoxy groups -OCH3 is 1. The van der Waals surface area contributed by atoms with E-state index in [-0.39, 0.29) is 40.5 Å². The minimum atomic E-state index is -1.41. The maximum atomic E-state index is 15.5. The number of halogens is 2. The lowest BCUT2D eigenvalue weighted by atomic mass is 10.1. The number of aromatic nitrogens is 1. The van der Waals surface area contributed by atoms with E-state index in [9.17, 15) is 19.8 Å². The third-order valence-electron chi connectivity index (χ3n) is 6.87. The average molecular weight is 490 g/mol. The topological polar surface area (TPSA) is 95.2 Å². The van der Waals surface area contributed by atoms with Crippen molar-refractivity contribution in [1.29, 1.82) is 0 Å². The van der Waals surface area contributed by atoms with Crippen LogP contribution in [0.4, 0.5) is 10.1 Å². The van der Waals surface area contributed by atoms with Crippen LogP contribution < -0.4 is 15.1 Å². The van der Waals surface area contributed by atoms with Gasteiger partial charge >= 0.3 is 5.97 Å². The number of pyridine rings is 1. The van der Waals surface area contributed by atoms with Crippen molar-refractivity contribution in [1.82, 2.24) is 9.47 Å². The molecule has 0 bridgehead atoms. The van der Waals surface area contributed by atoms with Crippen molar-refractivity contribution in [3.05, 3.63) is 58.1 Å². The number of aromatic hydroxyl groups is 1. The molecule has 2 N–H and O–H groups in total. The summed E-state index contributed by atoms with van der Waals surface area (Å²) in [4.78, 5) is 29.0. The zero-order chi connectivity index (χ0) is 23.4. The largest absolute Gasteiger partial charge is 0.508 e. The van der Waals surface area contributed by atoms with Crippen LogP contribution in [0.3, 0.4) is 0 Å². The number of hydrogen-bond donors (Lipinski definition) is 2. The summed E-state index contributed by atoms with van der Waals surface area (Å²) in [7, 11) is 3.48. The van der Waals surface area contributed by atoms with Gasteiger partial charge < -0.3 is 29.3 Å². The molecule has 2 fully saturated rings. The minimum Gasteiger partial charge on any atom is -0.508 e. The molecule has 0 radical (unpaired) electrons. The Bertz CT molecular complexity index is 1330. The third-order valence-corrected chi connectivity index (χ3v) is 6.87. The van der Waals surface area contributed by atoms with Crippen molar-refractivity contribution in [3.8, 4) is 17.2 Å². The van der Waals surface area contributed by atoms with E-state index in [2.05, 4.69) is 11.9 Å². The summed E-state index contributed by atoms with van der Waals surface area (Å²) in [6.07, 6.45) is 2.26. The summed E-state index contributed by atoms with van der Waals surface area (Å²) in [6.45, 7) is 2.32. The Hall–Kier alpha value is -3.30. The van der Waals surface area contributed by atoms with Crippen LogP contribution in [0, 0.1) is 11.7 Å². The van der Waals surface area contributed by atoms with Crippen LogP contribution in [0.25, 0.3) is 16.6 Å². The first-order valence-corrected chi connectivity index (χ1v) is 10.7. The molecule has 2 aliphatic rings. The van der Waals surface area contributed by atoms with E-state index in [0.29, 0.717) is 30.7 Å². The monoisotopic (exact) mass is 489 g/mol. The van der Waals surface area contributed by atoms with E-state index >= 15 is 4.39 Å². The van der Waals surface area contributed by atoms with Crippen LogP contribution in [-0.4, -0.2) is 65.5 Å². The second kappa shape index (κ2) is 8.81. The molecule has 34 heavy (non-hydrogen) atoms. The number of hydrogen-bond acceptors (Lipinski definition) is 6. The molecule has 180 valence electrons. The van der Waals surface area contributed by atoms with Crippen LogP contribution in [0.5, 0.6) is 11.5 Å². The van der Waals surface area contributed by atoms with Crippen molar-refractivity contribution in [2.45, 2.75) is 12.5 Å². The molecule has 3 heterocycles. The first kappa shape index (κ1) is 23.8. The number of carbonyl (C=O) groups is 1. The molecular formula is C24H25ClFN3O5. The molecule has 2 aliphatic heterocycles. The Morgan fingerprint density at radius 2 is 1.91 bits per heavy atom. The zero-order valence-corrected chi connectivity index (χ0v) is 19.5. The number of carboxylic acid groups (broad SMARTS) is 1. The van der Waals surface area contributed by atoms with E-state index in [4.69, 9.17) is 4.74 Å². The zero-order valence-electron chi connectivity index (χ0n) is 18.7. The van der Waals surface area contributed by atoms with Crippen molar-refractivity contribution >= 4 is 35.0 Å². The number of phenols is 1. The molecule has 0 spiro atoms. The Morgan fingerprint density at radius 1 is 1.21 bits per heavy atom. The van der Waals surface area contributed by atoms with Crippen molar-refractivity contribution in [2.24, 2.45) is 5.92 Å². The van der Waals surface area contributed by atoms with E-state index in [0.717, 1.165) is 19.0 Å². The fraction of sp³-hybridized carbons (Fsp3) is 0.333. The molecule has 0 amide bonds. The fourth-order valence-electron chi connectivity index (χ4n) is 5.23. The van der Waals surface area contributed by atoms with Gasteiger partial charge in [-0.2, -0.15) is 0 Å². The highest BCUT2D eigenvalue weighted by atomic mass is 35.5. The maximum absolute atomic E-state index is 15.5. The molecule has 2 saturated heterocycles. The Kier molecular flexibility index (Phi) is 6.18. The van der Waals surface area contributed by atoms with Crippen molar-refractivity contribution < 1.29 is 24.1 Å². The Balaban J connectivity index is 0.00000274. The molecule has 1 aromatic heterocycles. The number of ether oxygens (including phenoxy) is 1. The number of benzene rings is 2. The van der Waals surface area contributed by atoms with Gasteiger partial charge in [0.25, 0.3) is 0 Å². The smallest absolute Gasteiger partial charge is 0.341 e. The quantitative estimate of drug-likeness (QED) is 0.581. The highest BCUT2D eigenvalue weighted by Crippen LogP contribution is 2.43. The second-order valence-electron chi connectivity index (χ2n) is 8.70. The molecule has 2 atom stereocenters. The molecule has 10 heteroatoms. The normalized spacial score (nSPS) is 19.8. The fourth-order valence-corrected chi connectivity index (χ4v) is 5.23. The lowest BCUT2D eigenvalue weighted by Gasteiger charge is -2.26. The van der Waals surface area contributed by atoms with Gasteiger partial charge in [-0.25, -0.2) is 9.18 Å². The van der Waals surface area contributed by atoms with E-state index in [1.807, 2.05) is 4.90 Å². The molecule has 5 rings (SSSR count). The Morgan fingerprint density at radius 3 is 2.53 bits per heavy atom. The van der Waals surface area contributed by atoms with Gasteiger partial charge in [-0.1, -0.05) is 0 Å². The predicted octanol–water partition coefficient (Wildman–Crippen LogP) is 3.10. The molecule has 2 aromatic carbocycles. The summed E-state index contributed by atoms with van der Waals surface area (Å²) >= 11 is 0. The summed E-state index contributed by atoms with van der Waals surface area (Å²) < 4.78 is 22.7. The van der Waals surface area contributed by atoms with Crippen LogP contribution in [-0.2, 0) is 0 Å². The van der Waals surface area contributed by atoms with Crippen LogP contribution >= 0.6 is 12.4 Å². The Labute approximate surface area is 201 Å². The molecule has 3 aromatic rings. The molecule has 0 saturated carbocycles. The standard InChI is InChI=1S/C24H24FN3O5.ClH/c1-26-8-7-13-10-27(12-19(13)26)21-18(25)9-16-20(23(21)33-2)28(11-17(22(16)30)24(31)32)14-3-5-15(29)6-4-14;/h3-6,9,11,13,19,29H,7-8,10,12H2,1-2H3,(H,31,32);1H. The number of rotatable bonds is 4. The number of phenolic OH excluding ortho intramolecular Hbond substituents is 1. The molecule has 0 aliphatic carbocycles. The number of fused-ring (bicyclic) bond motifs is 2. The van der Waals surface area contributed by atoms with Crippen LogP contribution in [0.1, 0.15) is 16.8 Å². The van der Waals surface area contributed by atoms with Crippen molar-refractivity contribution in [2.75, 3.05) is 38.7 Å². The van der Waals surface area contributed by atoms with E-state index in [1.54, 1.807) is 12.1 Å². The average Bonchev–Trinajstić information content (AvgIpc) is 3.35. The van der Waals surface area contributed by atoms with Gasteiger partial charge in [0.15, 0.2) is 11.6 Å². The van der Waals surface area contributed by atoms with Crippen molar-refractivity contribution in [3.63, 3.8) is 0 Å². The van der Waals surface area contributed by atoms with Gasteiger partial charge in [0.2, 0.25) is 5.43 Å². The number of likely N-dealkylation sites (tertiary alicyclic amines) is 1. The second-order valence-corrected chi connectivity index (χ2v) is 8.70. The molecular weight excluding hydrogens is 465 g/mol. The highest BCUT2D eigenvalue weighted by molar-refractivity contribution is 5.97. The molecule has 2 unspecified atom stereocenters. The van der Waals surface area contributed by atoms with Gasteiger partial charge in [0.1, 0.15) is 22.5 Å². The number of aromatic carboxylic acids is 1. The highest BCUT2D eigenvalue weighted by Gasteiger charge is 2.41. The molecule has 8 nitrogen and oxygen atoms in total. The number of anilines is 1. The summed E-state index contributed by atoms with van der Waals surface area (Å²) in [6, 6.07) is 7.50. The number of likely N-dealkylation sites (N-methyl/N-ethyl adjacent to an activating group) is 1. The lowest BCUT2D eigenvalue weighted by Crippen LogP contribution is -2.32.